The molecule has 0 amide bonds. The van der Waals surface area contributed by atoms with E-state index >= 15 is 0 Å². The van der Waals surface area contributed by atoms with Crippen molar-refractivity contribution in [2.24, 2.45) is 0 Å². The molecule has 0 aromatic heterocycles. The average molecular weight is 196 g/mol. The summed E-state index contributed by atoms with van der Waals surface area (Å²) in [5, 5.41) is 2.92. The molecule has 0 heterocycles. The first kappa shape index (κ1) is 22.5. The fourth-order valence-electron chi connectivity index (χ4n) is 0.343. The van der Waals surface area contributed by atoms with Crippen LogP contribution >= 0.6 is 12.4 Å². The fourth-order valence-corrected chi connectivity index (χ4v) is 0.343. The predicted molar refractivity (Wildman–Crippen MR) is 59.8 cm³/mol. The summed E-state index contributed by atoms with van der Waals surface area (Å²) in [6, 6.07) is 0. The van der Waals surface area contributed by atoms with Crippen LogP contribution in [0.1, 0.15) is 27.2 Å². The maximum absolute atomic E-state index is 3.71. The Morgan fingerprint density at radius 2 is 1.83 bits per heavy atom. The molecule has 0 aromatic carbocycles. The molecule has 2 nitrogen and oxygen atoms in total. The van der Waals surface area contributed by atoms with Crippen molar-refractivity contribution in [2.45, 2.75) is 27.2 Å². The van der Waals surface area contributed by atoms with Crippen LogP contribution in [-0.4, -0.2) is 12.5 Å². The average Bonchev–Trinajstić information content (AvgIpc) is 2.04. The third-order valence-corrected chi connectivity index (χ3v) is 0.876. The van der Waals surface area contributed by atoms with E-state index in [1.54, 1.807) is 0 Å². The second kappa shape index (κ2) is 22.4. The van der Waals surface area contributed by atoms with E-state index < -0.39 is 0 Å². The molecule has 0 radical (unpaired) electrons. The fraction of sp³-hybridized carbons (Fsp3) is 0.556. The van der Waals surface area contributed by atoms with E-state index in [4.69, 9.17) is 0 Å². The van der Waals surface area contributed by atoms with Crippen LogP contribution in [0.15, 0.2) is 24.4 Å². The van der Waals surface area contributed by atoms with Crippen LogP contribution in [0.5, 0.6) is 0 Å². The molecule has 0 unspecified atom stereocenters. The second-order valence-electron chi connectivity index (χ2n) is 1.59. The summed E-state index contributed by atoms with van der Waals surface area (Å²) in [6.07, 6.45) is 5.11. The number of halogens is 1. The van der Waals surface area contributed by atoms with Crippen molar-refractivity contribution < 1.29 is 5.48 Å². The van der Waals surface area contributed by atoms with E-state index in [-0.39, 0.29) is 17.9 Å². The molecule has 0 aromatic rings. The van der Waals surface area contributed by atoms with Crippen molar-refractivity contribution in [3.63, 3.8) is 0 Å². The molecule has 76 valence electrons. The van der Waals surface area contributed by atoms with E-state index in [0.29, 0.717) is 0 Å². The smallest absolute Gasteiger partial charge is 0.0261 e. The minimum atomic E-state index is 0. The third-order valence-electron chi connectivity index (χ3n) is 0.876. The number of allylic oxidation sites excluding steroid dienone is 2. The molecular weight excluding hydrogens is 174 g/mol. The van der Waals surface area contributed by atoms with E-state index in [2.05, 4.69) is 24.9 Å². The van der Waals surface area contributed by atoms with Crippen LogP contribution in [0, 0.1) is 0 Å². The molecule has 0 bridgehead atoms. The Hall–Kier alpha value is -0.470. The summed E-state index contributed by atoms with van der Waals surface area (Å²) in [5.41, 5.74) is 0.965. The van der Waals surface area contributed by atoms with Gasteiger partial charge < -0.3 is 10.8 Å². The normalized spacial score (nSPS) is 7.00. The summed E-state index contributed by atoms with van der Waals surface area (Å²) >= 11 is 0. The third kappa shape index (κ3) is 22.7. The lowest BCUT2D eigenvalue weighted by atomic mass is 10.3. The van der Waals surface area contributed by atoms with E-state index in [1.807, 2.05) is 27.0 Å². The molecule has 3 heteroatoms. The van der Waals surface area contributed by atoms with E-state index in [9.17, 15) is 0 Å². The van der Waals surface area contributed by atoms with Gasteiger partial charge in [-0.05, 0) is 12.5 Å². The lowest BCUT2D eigenvalue weighted by Crippen LogP contribution is -2.00. The summed E-state index contributed by atoms with van der Waals surface area (Å²) < 4.78 is 0. The second-order valence-corrected chi connectivity index (χ2v) is 1.59. The van der Waals surface area contributed by atoms with Crippen molar-refractivity contribution in [3.8, 4) is 0 Å². The zero-order valence-corrected chi connectivity index (χ0v) is 9.29. The molecular formula is C9H22ClNO. The first-order valence-electron chi connectivity index (χ1n) is 3.84. The van der Waals surface area contributed by atoms with Gasteiger partial charge in [0, 0.05) is 12.7 Å². The highest BCUT2D eigenvalue weighted by atomic mass is 35.5. The Morgan fingerprint density at radius 3 is 2.08 bits per heavy atom. The predicted octanol–water partition coefficient (Wildman–Crippen LogP) is 2.31. The summed E-state index contributed by atoms with van der Waals surface area (Å²) in [4.78, 5) is 0. The summed E-state index contributed by atoms with van der Waals surface area (Å²) in [7, 11) is 1.86. The Balaban J connectivity index is -0.0000000740. The Bertz CT molecular complexity index is 103. The Morgan fingerprint density at radius 1 is 1.42 bits per heavy atom. The molecule has 0 aliphatic rings. The Kier molecular flexibility index (Phi) is 42.1. The van der Waals surface area contributed by atoms with Crippen molar-refractivity contribution in [3.05, 3.63) is 24.4 Å². The number of likely N-dealkylation sites (N-methyl/N-ethyl adjacent to an activating group) is 1. The first-order chi connectivity index (χ1) is 4.81. The highest BCUT2D eigenvalue weighted by Gasteiger charge is 1.74. The van der Waals surface area contributed by atoms with Gasteiger partial charge in [0.1, 0.15) is 0 Å². The molecule has 0 rings (SSSR count). The molecule has 12 heavy (non-hydrogen) atoms. The van der Waals surface area contributed by atoms with Crippen molar-refractivity contribution >= 4 is 12.4 Å². The lowest BCUT2D eigenvalue weighted by molar-refractivity contribution is 0.824. The van der Waals surface area contributed by atoms with E-state index in [1.165, 1.54) is 0 Å². The minimum Gasteiger partial charge on any atom is -0.412 e. The van der Waals surface area contributed by atoms with Gasteiger partial charge in [-0.1, -0.05) is 33.4 Å². The number of hydrogen-bond donors (Lipinski definition) is 1. The quantitative estimate of drug-likeness (QED) is 0.691. The maximum atomic E-state index is 3.71. The van der Waals surface area contributed by atoms with Gasteiger partial charge in [0.15, 0.2) is 0 Å². The monoisotopic (exact) mass is 195 g/mol. The summed E-state index contributed by atoms with van der Waals surface area (Å²) in [5.74, 6) is 0. The highest BCUT2D eigenvalue weighted by molar-refractivity contribution is 5.85. The molecule has 0 atom stereocenters. The molecule has 0 saturated carbocycles. The van der Waals surface area contributed by atoms with Crippen molar-refractivity contribution in [1.29, 1.82) is 0 Å². The van der Waals surface area contributed by atoms with Gasteiger partial charge in [0.2, 0.25) is 0 Å². The molecule has 3 N–H and O–H groups in total. The lowest BCUT2D eigenvalue weighted by Gasteiger charge is -1.92. The first-order valence-corrected chi connectivity index (χ1v) is 3.84. The van der Waals surface area contributed by atoms with Gasteiger partial charge in [-0.15, -0.1) is 12.4 Å². The molecule has 0 aliphatic carbocycles. The highest BCUT2D eigenvalue weighted by Crippen LogP contribution is 1.86. The molecule has 0 fully saturated rings. The van der Waals surface area contributed by atoms with Crippen molar-refractivity contribution in [1.82, 2.24) is 5.32 Å². The zero-order valence-electron chi connectivity index (χ0n) is 8.48. The topological polar surface area (TPSA) is 43.5 Å². The largest absolute Gasteiger partial charge is 0.412 e. The van der Waals surface area contributed by atoms with Gasteiger partial charge in [0.05, 0.1) is 0 Å². The van der Waals surface area contributed by atoms with Crippen LogP contribution in [0.3, 0.4) is 0 Å². The van der Waals surface area contributed by atoms with Gasteiger partial charge >= 0.3 is 0 Å². The van der Waals surface area contributed by atoms with Gasteiger partial charge in [-0.25, -0.2) is 0 Å². The SMILES string of the molecule is C=C(/C=C/CC)NC.CC.Cl.O. The van der Waals surface area contributed by atoms with Crippen LogP contribution in [0.4, 0.5) is 0 Å². The van der Waals surface area contributed by atoms with Crippen LogP contribution in [-0.2, 0) is 0 Å². The van der Waals surface area contributed by atoms with E-state index in [0.717, 1.165) is 12.1 Å². The van der Waals surface area contributed by atoms with Gasteiger partial charge in [-0.3, -0.25) is 0 Å². The standard InChI is InChI=1S/C7H13N.C2H6.ClH.H2O/c1-4-5-6-7(2)8-3;1-2;;/h5-6,8H,2,4H2,1,3H3;1-2H3;1H;1H2/b6-5+;;;. The van der Waals surface area contributed by atoms with Gasteiger partial charge in [-0.2, -0.15) is 0 Å². The van der Waals surface area contributed by atoms with Crippen LogP contribution in [0.25, 0.3) is 0 Å². The Labute approximate surface area is 82.5 Å². The van der Waals surface area contributed by atoms with Crippen LogP contribution < -0.4 is 5.32 Å². The number of rotatable bonds is 3. The van der Waals surface area contributed by atoms with Crippen molar-refractivity contribution in [2.75, 3.05) is 7.05 Å². The molecule has 0 aliphatic heterocycles. The molecule has 0 spiro atoms. The number of nitrogens with one attached hydrogen (secondary N) is 1. The number of hydrogen-bond acceptors (Lipinski definition) is 1. The minimum absolute atomic E-state index is 0. The zero-order chi connectivity index (χ0) is 8.41. The van der Waals surface area contributed by atoms with Crippen LogP contribution in [0.2, 0.25) is 0 Å². The summed E-state index contributed by atoms with van der Waals surface area (Å²) in [6.45, 7) is 9.81. The maximum Gasteiger partial charge on any atom is 0.0261 e. The van der Waals surface area contributed by atoms with Gasteiger partial charge in [0.25, 0.3) is 0 Å². The molecule has 0 saturated heterocycles.